The molecule has 0 unspecified atom stereocenters. The fraction of sp³-hybridized carbons (Fsp3) is 0.294. The molecule has 0 aliphatic carbocycles. The highest BCUT2D eigenvalue weighted by molar-refractivity contribution is 6.31. The van der Waals surface area contributed by atoms with Gasteiger partial charge in [0.2, 0.25) is 5.91 Å². The minimum Gasteiger partial charge on any atom is -0.311 e. The van der Waals surface area contributed by atoms with E-state index in [2.05, 4.69) is 10.3 Å². The summed E-state index contributed by atoms with van der Waals surface area (Å²) in [4.78, 5) is 18.5. The second-order valence-corrected chi connectivity index (χ2v) is 5.98. The molecule has 0 saturated carbocycles. The lowest BCUT2D eigenvalue weighted by molar-refractivity contribution is -0.119. The Morgan fingerprint density at radius 3 is 2.91 bits per heavy atom. The third-order valence-electron chi connectivity index (χ3n) is 4.00. The van der Waals surface area contributed by atoms with Gasteiger partial charge >= 0.3 is 0 Å². The van der Waals surface area contributed by atoms with Crippen LogP contribution in [0.3, 0.4) is 0 Å². The molecule has 4 nitrogen and oxygen atoms in total. The van der Waals surface area contributed by atoms with Gasteiger partial charge in [-0.05, 0) is 43.7 Å². The molecule has 1 saturated heterocycles. The molecule has 120 valence electrons. The van der Waals surface area contributed by atoms with Crippen LogP contribution in [0.5, 0.6) is 0 Å². The maximum atomic E-state index is 13.3. The van der Waals surface area contributed by atoms with Crippen LogP contribution >= 0.6 is 11.6 Å². The Morgan fingerprint density at radius 2 is 2.22 bits per heavy atom. The predicted molar refractivity (Wildman–Crippen MR) is 88.0 cm³/mol. The van der Waals surface area contributed by atoms with Crippen LogP contribution < -0.4 is 10.2 Å². The molecule has 3 rings (SSSR count). The summed E-state index contributed by atoms with van der Waals surface area (Å²) in [5.74, 6) is -0.518. The molecule has 0 radical (unpaired) electrons. The van der Waals surface area contributed by atoms with Crippen LogP contribution in [0, 0.1) is 5.82 Å². The van der Waals surface area contributed by atoms with Crippen molar-refractivity contribution in [2.24, 2.45) is 0 Å². The van der Waals surface area contributed by atoms with Gasteiger partial charge in [0, 0.05) is 24.5 Å². The molecule has 1 aliphatic heterocycles. The number of carbonyl (C=O) groups excluding carboxylic acids is 1. The number of carbonyl (C=O) groups is 1. The maximum absolute atomic E-state index is 13.3. The summed E-state index contributed by atoms with van der Waals surface area (Å²) in [5, 5.41) is 3.33. The molecule has 1 aromatic heterocycles. The SMILES string of the molecule is C[C@@H](N[C@@H]1CCN(c2ccc(F)c(Cl)c2)C1=O)c1ccccn1. The Morgan fingerprint density at radius 1 is 1.39 bits per heavy atom. The zero-order chi connectivity index (χ0) is 16.4. The Bertz CT molecular complexity index is 710. The summed E-state index contributed by atoms with van der Waals surface area (Å²) in [5.41, 5.74) is 1.51. The van der Waals surface area contributed by atoms with Gasteiger partial charge in [0.05, 0.1) is 16.8 Å². The average molecular weight is 334 g/mol. The van der Waals surface area contributed by atoms with Gasteiger partial charge < -0.3 is 4.90 Å². The van der Waals surface area contributed by atoms with Crippen LogP contribution in [0.15, 0.2) is 42.6 Å². The van der Waals surface area contributed by atoms with Crippen molar-refractivity contribution in [2.75, 3.05) is 11.4 Å². The van der Waals surface area contributed by atoms with Crippen molar-refractivity contribution >= 4 is 23.2 Å². The number of hydrogen-bond acceptors (Lipinski definition) is 3. The van der Waals surface area contributed by atoms with E-state index in [9.17, 15) is 9.18 Å². The summed E-state index contributed by atoms with van der Waals surface area (Å²) < 4.78 is 13.3. The molecule has 23 heavy (non-hydrogen) atoms. The maximum Gasteiger partial charge on any atom is 0.244 e. The van der Waals surface area contributed by atoms with Gasteiger partial charge in [0.15, 0.2) is 0 Å². The van der Waals surface area contributed by atoms with E-state index in [1.54, 1.807) is 17.2 Å². The number of benzene rings is 1. The molecule has 2 atom stereocenters. The van der Waals surface area contributed by atoms with E-state index >= 15 is 0 Å². The fourth-order valence-corrected chi connectivity index (χ4v) is 2.94. The first-order chi connectivity index (χ1) is 11.1. The van der Waals surface area contributed by atoms with E-state index < -0.39 is 5.82 Å². The zero-order valence-corrected chi connectivity index (χ0v) is 13.4. The number of rotatable bonds is 4. The van der Waals surface area contributed by atoms with Gasteiger partial charge in [-0.1, -0.05) is 17.7 Å². The lowest BCUT2D eigenvalue weighted by Crippen LogP contribution is -2.39. The van der Waals surface area contributed by atoms with Crippen LogP contribution in [0.2, 0.25) is 5.02 Å². The molecule has 0 spiro atoms. The first-order valence-electron chi connectivity index (χ1n) is 7.49. The fourth-order valence-electron chi connectivity index (χ4n) is 2.76. The monoisotopic (exact) mass is 333 g/mol. The molecule has 2 aromatic rings. The minimum atomic E-state index is -0.486. The molecule has 0 bridgehead atoms. The summed E-state index contributed by atoms with van der Waals surface area (Å²) >= 11 is 5.80. The van der Waals surface area contributed by atoms with Crippen LogP contribution in [0.1, 0.15) is 25.1 Å². The van der Waals surface area contributed by atoms with Crippen LogP contribution in [0.4, 0.5) is 10.1 Å². The number of nitrogens with zero attached hydrogens (tertiary/aromatic N) is 2. The molecule has 2 heterocycles. The van der Waals surface area contributed by atoms with Crippen molar-refractivity contribution in [3.8, 4) is 0 Å². The third-order valence-corrected chi connectivity index (χ3v) is 4.29. The molecule has 1 fully saturated rings. The largest absolute Gasteiger partial charge is 0.311 e. The van der Waals surface area contributed by atoms with Crippen LogP contribution in [-0.2, 0) is 4.79 Å². The topological polar surface area (TPSA) is 45.2 Å². The van der Waals surface area contributed by atoms with Crippen molar-refractivity contribution in [3.05, 3.63) is 59.1 Å². The van der Waals surface area contributed by atoms with Gasteiger partial charge in [-0.25, -0.2) is 4.39 Å². The quantitative estimate of drug-likeness (QED) is 0.933. The summed E-state index contributed by atoms with van der Waals surface area (Å²) in [6.07, 6.45) is 2.42. The highest BCUT2D eigenvalue weighted by Gasteiger charge is 2.33. The predicted octanol–water partition coefficient (Wildman–Crippen LogP) is 3.33. The Balaban J connectivity index is 1.70. The van der Waals surface area contributed by atoms with Crippen molar-refractivity contribution in [3.63, 3.8) is 0 Å². The Kier molecular flexibility index (Phi) is 4.59. The van der Waals surface area contributed by atoms with Gasteiger partial charge in [-0.2, -0.15) is 0 Å². The van der Waals surface area contributed by atoms with Gasteiger partial charge in [-0.15, -0.1) is 0 Å². The number of nitrogens with one attached hydrogen (secondary N) is 1. The molecule has 6 heteroatoms. The van der Waals surface area contributed by atoms with Gasteiger partial charge in [0.1, 0.15) is 5.82 Å². The minimum absolute atomic E-state index is 0.0218. The number of anilines is 1. The highest BCUT2D eigenvalue weighted by atomic mass is 35.5. The van der Waals surface area contributed by atoms with Crippen molar-refractivity contribution in [2.45, 2.75) is 25.4 Å². The van der Waals surface area contributed by atoms with Crippen molar-refractivity contribution < 1.29 is 9.18 Å². The van der Waals surface area contributed by atoms with E-state index in [-0.39, 0.29) is 23.0 Å². The summed E-state index contributed by atoms with van der Waals surface area (Å²) in [6, 6.07) is 9.73. The molecule has 1 aromatic carbocycles. The van der Waals surface area contributed by atoms with E-state index in [1.807, 2.05) is 25.1 Å². The zero-order valence-electron chi connectivity index (χ0n) is 12.7. The summed E-state index contributed by atoms with van der Waals surface area (Å²) in [6.45, 7) is 2.56. The van der Waals surface area contributed by atoms with E-state index in [1.165, 1.54) is 12.1 Å². The average Bonchev–Trinajstić information content (AvgIpc) is 2.92. The smallest absolute Gasteiger partial charge is 0.244 e. The molecule has 1 aliphatic rings. The first-order valence-corrected chi connectivity index (χ1v) is 7.87. The van der Waals surface area contributed by atoms with E-state index in [0.717, 1.165) is 5.69 Å². The van der Waals surface area contributed by atoms with E-state index in [4.69, 9.17) is 11.6 Å². The number of aromatic nitrogens is 1. The summed E-state index contributed by atoms with van der Waals surface area (Å²) in [7, 11) is 0. The molecular weight excluding hydrogens is 317 g/mol. The lowest BCUT2D eigenvalue weighted by atomic mass is 10.1. The van der Waals surface area contributed by atoms with E-state index in [0.29, 0.717) is 18.7 Å². The first kappa shape index (κ1) is 15.9. The van der Waals surface area contributed by atoms with Gasteiger partial charge in [-0.3, -0.25) is 15.1 Å². The number of hydrogen-bond donors (Lipinski definition) is 1. The number of pyridine rings is 1. The lowest BCUT2D eigenvalue weighted by Gasteiger charge is -2.20. The number of amides is 1. The number of halogens is 2. The third kappa shape index (κ3) is 3.35. The molecule has 1 N–H and O–H groups in total. The second-order valence-electron chi connectivity index (χ2n) is 5.57. The Labute approximate surface area is 139 Å². The molecule has 1 amide bonds. The normalized spacial score (nSPS) is 19.2. The highest BCUT2D eigenvalue weighted by Crippen LogP contribution is 2.27. The van der Waals surface area contributed by atoms with Crippen LogP contribution in [0.25, 0.3) is 0 Å². The second kappa shape index (κ2) is 6.64. The van der Waals surface area contributed by atoms with Crippen molar-refractivity contribution in [1.82, 2.24) is 10.3 Å². The standard InChI is InChI=1S/C17H17ClFN3O/c1-11(15-4-2-3-8-20-15)21-16-7-9-22(17(16)23)12-5-6-14(19)13(18)10-12/h2-6,8,10-11,16,21H,7,9H2,1H3/t11-,16-/m1/s1. The Hall–Kier alpha value is -1.98. The molecular formula is C17H17ClFN3O. The van der Waals surface area contributed by atoms with Gasteiger partial charge in [0.25, 0.3) is 0 Å². The van der Waals surface area contributed by atoms with Crippen molar-refractivity contribution in [1.29, 1.82) is 0 Å². The van der Waals surface area contributed by atoms with Crippen LogP contribution in [-0.4, -0.2) is 23.5 Å².